The first kappa shape index (κ1) is 22.4. The number of carbonyl (C=O) groups excluding carboxylic acids is 2. The first-order valence-electron chi connectivity index (χ1n) is 9.69. The minimum absolute atomic E-state index is 0.0772. The lowest BCUT2D eigenvalue weighted by atomic mass is 9.94. The van der Waals surface area contributed by atoms with E-state index in [4.69, 9.17) is 0 Å². The Hall–Kier alpha value is -1.93. The number of sulfonamides is 1. The van der Waals surface area contributed by atoms with Crippen molar-refractivity contribution in [2.75, 3.05) is 18.4 Å². The van der Waals surface area contributed by atoms with Gasteiger partial charge in [0.25, 0.3) is 0 Å². The predicted octanol–water partition coefficient (Wildman–Crippen LogP) is 2.45. The van der Waals surface area contributed by atoms with Crippen LogP contribution in [0.3, 0.4) is 0 Å². The van der Waals surface area contributed by atoms with E-state index in [0.29, 0.717) is 30.6 Å². The molecule has 2 N–H and O–H groups in total. The van der Waals surface area contributed by atoms with Crippen molar-refractivity contribution in [2.24, 2.45) is 17.8 Å². The summed E-state index contributed by atoms with van der Waals surface area (Å²) in [4.78, 5) is 24.0. The van der Waals surface area contributed by atoms with E-state index >= 15 is 0 Å². The highest BCUT2D eigenvalue weighted by Gasteiger charge is 2.31. The molecule has 1 aliphatic rings. The van der Waals surface area contributed by atoms with Crippen molar-refractivity contribution in [3.05, 3.63) is 24.3 Å². The number of piperidine rings is 1. The Kier molecular flexibility index (Phi) is 7.22. The fourth-order valence-electron chi connectivity index (χ4n) is 3.64. The van der Waals surface area contributed by atoms with Gasteiger partial charge in [-0.05, 0) is 48.4 Å². The molecule has 2 amide bonds. The summed E-state index contributed by atoms with van der Waals surface area (Å²) in [5, 5.41) is 5.37. The number of hydrogen-bond acceptors (Lipinski definition) is 4. The summed E-state index contributed by atoms with van der Waals surface area (Å²) >= 11 is 0. The van der Waals surface area contributed by atoms with Gasteiger partial charge in [-0.25, -0.2) is 8.42 Å². The van der Waals surface area contributed by atoms with Crippen LogP contribution < -0.4 is 10.6 Å². The van der Waals surface area contributed by atoms with Gasteiger partial charge in [0.1, 0.15) is 6.04 Å². The Morgan fingerprint density at radius 2 is 1.61 bits per heavy atom. The molecule has 8 heteroatoms. The normalized spacial score (nSPS) is 21.9. The Labute approximate surface area is 167 Å². The minimum Gasteiger partial charge on any atom is -0.344 e. The average Bonchev–Trinajstić information content (AvgIpc) is 2.58. The lowest BCUT2D eigenvalue weighted by molar-refractivity contribution is -0.126. The van der Waals surface area contributed by atoms with Gasteiger partial charge in [-0.15, -0.1) is 0 Å². The molecule has 28 heavy (non-hydrogen) atoms. The minimum atomic E-state index is -3.56. The van der Waals surface area contributed by atoms with E-state index in [1.807, 2.05) is 13.8 Å². The van der Waals surface area contributed by atoms with E-state index in [0.717, 1.165) is 6.42 Å². The Morgan fingerprint density at radius 3 is 2.07 bits per heavy atom. The molecule has 0 bridgehead atoms. The average molecular weight is 410 g/mol. The third-order valence-corrected chi connectivity index (χ3v) is 6.75. The second-order valence-electron chi connectivity index (χ2n) is 8.20. The zero-order chi connectivity index (χ0) is 21.1. The van der Waals surface area contributed by atoms with Crippen LogP contribution >= 0.6 is 0 Å². The molecule has 1 saturated heterocycles. The molecule has 7 nitrogen and oxygen atoms in total. The maximum absolute atomic E-state index is 12.9. The molecule has 3 atom stereocenters. The highest BCUT2D eigenvalue weighted by Crippen LogP contribution is 2.27. The lowest BCUT2D eigenvalue weighted by Gasteiger charge is -2.34. The van der Waals surface area contributed by atoms with Crippen molar-refractivity contribution in [3.63, 3.8) is 0 Å². The largest absolute Gasteiger partial charge is 0.344 e. The molecule has 3 unspecified atom stereocenters. The van der Waals surface area contributed by atoms with E-state index < -0.39 is 16.1 Å². The van der Waals surface area contributed by atoms with Crippen LogP contribution in [-0.2, 0) is 19.6 Å². The highest BCUT2D eigenvalue weighted by atomic mass is 32.2. The number of nitrogens with zero attached hydrogens (tertiary/aromatic N) is 1. The summed E-state index contributed by atoms with van der Waals surface area (Å²) in [5.74, 6) is -0.0240. The predicted molar refractivity (Wildman–Crippen MR) is 109 cm³/mol. The van der Waals surface area contributed by atoms with Crippen molar-refractivity contribution in [1.29, 1.82) is 0 Å². The van der Waals surface area contributed by atoms with Crippen LogP contribution in [0.5, 0.6) is 0 Å². The zero-order valence-electron chi connectivity index (χ0n) is 17.2. The van der Waals surface area contributed by atoms with Gasteiger partial charge >= 0.3 is 0 Å². The van der Waals surface area contributed by atoms with E-state index in [-0.39, 0.29) is 22.6 Å². The molecular weight excluding hydrogens is 378 g/mol. The van der Waals surface area contributed by atoms with Crippen LogP contribution in [0.1, 0.15) is 41.0 Å². The van der Waals surface area contributed by atoms with Crippen molar-refractivity contribution >= 4 is 27.5 Å². The number of hydrogen-bond donors (Lipinski definition) is 2. The molecule has 1 fully saturated rings. The third-order valence-electron chi connectivity index (χ3n) is 4.90. The van der Waals surface area contributed by atoms with Crippen LogP contribution in [0.2, 0.25) is 0 Å². The Balaban J connectivity index is 2.12. The first-order valence-corrected chi connectivity index (χ1v) is 11.1. The van der Waals surface area contributed by atoms with Gasteiger partial charge in [0.05, 0.1) is 4.90 Å². The van der Waals surface area contributed by atoms with E-state index in [1.54, 1.807) is 16.4 Å². The smallest absolute Gasteiger partial charge is 0.247 e. The fraction of sp³-hybridized carbons (Fsp3) is 0.600. The SMILES string of the molecule is CC(=O)NC(C(=O)Nc1ccc(S(=O)(=O)N2CC(C)CC(C)C2)cc1)C(C)C. The highest BCUT2D eigenvalue weighted by molar-refractivity contribution is 7.89. The first-order chi connectivity index (χ1) is 13.0. The number of rotatable bonds is 6. The summed E-state index contributed by atoms with van der Waals surface area (Å²) in [6.45, 7) is 10.2. The molecule has 1 aromatic carbocycles. The van der Waals surface area contributed by atoms with Gasteiger partial charge in [-0.2, -0.15) is 4.31 Å². The Bertz CT molecular complexity index is 795. The summed E-state index contributed by atoms with van der Waals surface area (Å²) in [5.41, 5.74) is 0.486. The number of benzene rings is 1. The van der Waals surface area contributed by atoms with Crippen LogP contribution in [0.25, 0.3) is 0 Å². The van der Waals surface area contributed by atoms with Gasteiger partial charge in [0.2, 0.25) is 21.8 Å². The number of amides is 2. The molecule has 0 aliphatic carbocycles. The number of anilines is 1. The molecule has 1 aromatic rings. The molecule has 1 aliphatic heterocycles. The molecule has 0 saturated carbocycles. The van der Waals surface area contributed by atoms with Crippen molar-refractivity contribution in [3.8, 4) is 0 Å². The van der Waals surface area contributed by atoms with Crippen LogP contribution in [-0.4, -0.2) is 43.7 Å². The van der Waals surface area contributed by atoms with Gasteiger partial charge in [-0.1, -0.05) is 27.7 Å². The van der Waals surface area contributed by atoms with Crippen molar-refractivity contribution in [2.45, 2.75) is 52.0 Å². The quantitative estimate of drug-likeness (QED) is 0.754. The second kappa shape index (κ2) is 9.05. The van der Waals surface area contributed by atoms with Crippen molar-refractivity contribution < 1.29 is 18.0 Å². The maximum atomic E-state index is 12.9. The van der Waals surface area contributed by atoms with E-state index in [1.165, 1.54) is 19.1 Å². The standard InChI is InChI=1S/C20H31N3O4S/c1-13(2)19(21-16(5)24)20(25)22-17-6-8-18(9-7-17)28(26,27)23-11-14(3)10-15(4)12-23/h6-9,13-15,19H,10-12H2,1-5H3,(H,21,24)(H,22,25). The summed E-state index contributed by atoms with van der Waals surface area (Å²) < 4.78 is 27.4. The molecular formula is C20H31N3O4S. The van der Waals surface area contributed by atoms with Crippen LogP contribution in [0.4, 0.5) is 5.69 Å². The third kappa shape index (κ3) is 5.54. The van der Waals surface area contributed by atoms with Crippen LogP contribution in [0, 0.1) is 17.8 Å². The van der Waals surface area contributed by atoms with E-state index in [9.17, 15) is 18.0 Å². The molecule has 0 spiro atoms. The summed E-state index contributed by atoms with van der Waals surface area (Å²) in [6, 6.07) is 5.52. The molecule has 0 aromatic heterocycles. The fourth-order valence-corrected chi connectivity index (χ4v) is 5.31. The maximum Gasteiger partial charge on any atom is 0.247 e. The lowest BCUT2D eigenvalue weighted by Crippen LogP contribution is -2.46. The van der Waals surface area contributed by atoms with E-state index in [2.05, 4.69) is 24.5 Å². The molecule has 0 radical (unpaired) electrons. The van der Waals surface area contributed by atoms with Gasteiger partial charge in [-0.3, -0.25) is 9.59 Å². The van der Waals surface area contributed by atoms with Gasteiger partial charge in [0.15, 0.2) is 0 Å². The number of nitrogens with one attached hydrogen (secondary N) is 2. The molecule has 1 heterocycles. The van der Waals surface area contributed by atoms with Gasteiger partial charge < -0.3 is 10.6 Å². The monoisotopic (exact) mass is 409 g/mol. The number of carbonyl (C=O) groups is 2. The molecule has 2 rings (SSSR count). The summed E-state index contributed by atoms with van der Waals surface area (Å²) in [6.07, 6.45) is 1.03. The van der Waals surface area contributed by atoms with Crippen molar-refractivity contribution in [1.82, 2.24) is 9.62 Å². The Morgan fingerprint density at radius 1 is 1.07 bits per heavy atom. The van der Waals surface area contributed by atoms with Gasteiger partial charge in [0, 0.05) is 25.7 Å². The van der Waals surface area contributed by atoms with Crippen LogP contribution in [0.15, 0.2) is 29.2 Å². The second-order valence-corrected chi connectivity index (χ2v) is 10.1. The topological polar surface area (TPSA) is 95.6 Å². The zero-order valence-corrected chi connectivity index (χ0v) is 18.0. The summed E-state index contributed by atoms with van der Waals surface area (Å²) in [7, 11) is -3.56. The molecule has 156 valence electrons.